The van der Waals surface area contributed by atoms with Crippen LogP contribution in [0.2, 0.25) is 0 Å². The number of urea groups is 1. The maximum absolute atomic E-state index is 12.4. The molecule has 0 aliphatic heterocycles. The highest BCUT2D eigenvalue weighted by Crippen LogP contribution is 2.32. The maximum Gasteiger partial charge on any atom is 0.319 e. The summed E-state index contributed by atoms with van der Waals surface area (Å²) in [6.07, 6.45) is 6.25. The molecular weight excluding hydrogens is 368 g/mol. The van der Waals surface area contributed by atoms with Gasteiger partial charge < -0.3 is 25.2 Å². The molecule has 1 saturated carbocycles. The Kier molecular flexibility index (Phi) is 7.76. The van der Waals surface area contributed by atoms with Crippen LogP contribution >= 0.6 is 0 Å². The van der Waals surface area contributed by atoms with Gasteiger partial charge in [0.25, 0.3) is 0 Å². The van der Waals surface area contributed by atoms with Crippen molar-refractivity contribution < 1.29 is 19.4 Å². The molecule has 3 N–H and O–H groups in total. The lowest BCUT2D eigenvalue weighted by molar-refractivity contribution is 0.225. The number of ether oxygens (including phenoxy) is 2. The van der Waals surface area contributed by atoms with E-state index in [4.69, 9.17) is 9.47 Å². The van der Waals surface area contributed by atoms with Gasteiger partial charge in [0.15, 0.2) is 11.5 Å². The Morgan fingerprint density at radius 3 is 2.59 bits per heavy atom. The summed E-state index contributed by atoms with van der Waals surface area (Å²) in [6.45, 7) is 0.451. The van der Waals surface area contributed by atoms with Crippen LogP contribution < -0.4 is 20.1 Å². The summed E-state index contributed by atoms with van der Waals surface area (Å²) >= 11 is 0. The summed E-state index contributed by atoms with van der Waals surface area (Å²) in [5, 5.41) is 15.2. The molecular formula is C23H30N2O4. The van der Waals surface area contributed by atoms with Gasteiger partial charge in [-0.05, 0) is 30.0 Å². The second kappa shape index (κ2) is 10.7. The lowest BCUT2D eigenvalue weighted by atomic mass is 10.1. The monoisotopic (exact) mass is 398 g/mol. The number of carbonyl (C=O) groups is 1. The van der Waals surface area contributed by atoms with Crippen LogP contribution in [-0.4, -0.2) is 31.5 Å². The Labute approximate surface area is 172 Å². The molecule has 29 heavy (non-hydrogen) atoms. The molecule has 1 fully saturated rings. The van der Waals surface area contributed by atoms with Gasteiger partial charge in [-0.3, -0.25) is 0 Å². The molecule has 0 spiro atoms. The number of hydrogen-bond donors (Lipinski definition) is 3. The molecule has 0 bridgehead atoms. The molecule has 1 aliphatic rings. The summed E-state index contributed by atoms with van der Waals surface area (Å²) in [6, 6.07) is 13.8. The topological polar surface area (TPSA) is 79.8 Å². The van der Waals surface area contributed by atoms with Crippen molar-refractivity contribution in [2.24, 2.45) is 5.92 Å². The standard InChI is InChI=1S/C23H30N2O4/c1-28-21-12-11-19(15-22(21)29-14-13-17-7-5-6-8-17)24-23(27)25-20(16-26)18-9-3-2-4-10-18/h2-4,9-12,15,17,20,26H,5-8,13-14,16H2,1H3,(H2,24,25,27)/t20-/m0/s1. The van der Waals surface area contributed by atoms with E-state index in [1.807, 2.05) is 30.3 Å². The Hall–Kier alpha value is -2.73. The Bertz CT molecular complexity index is 776. The van der Waals surface area contributed by atoms with Gasteiger partial charge in [-0.15, -0.1) is 0 Å². The normalized spacial score (nSPS) is 15.0. The number of carbonyl (C=O) groups excluding carboxylic acids is 1. The fraction of sp³-hybridized carbons (Fsp3) is 0.435. The molecule has 2 aromatic rings. The van der Waals surface area contributed by atoms with Gasteiger partial charge in [-0.25, -0.2) is 4.79 Å². The van der Waals surface area contributed by atoms with E-state index in [-0.39, 0.29) is 6.61 Å². The zero-order valence-corrected chi connectivity index (χ0v) is 16.9. The quantitative estimate of drug-likeness (QED) is 0.581. The largest absolute Gasteiger partial charge is 0.493 e. The summed E-state index contributed by atoms with van der Waals surface area (Å²) in [7, 11) is 1.60. The number of benzene rings is 2. The van der Waals surface area contributed by atoms with Crippen LogP contribution in [0.3, 0.4) is 0 Å². The molecule has 156 valence electrons. The number of anilines is 1. The van der Waals surface area contributed by atoms with Gasteiger partial charge in [0.1, 0.15) is 0 Å². The molecule has 0 saturated heterocycles. The van der Waals surface area contributed by atoms with E-state index >= 15 is 0 Å². The lowest BCUT2D eigenvalue weighted by Crippen LogP contribution is -2.34. The van der Waals surface area contributed by atoms with Crippen molar-refractivity contribution in [3.63, 3.8) is 0 Å². The molecule has 1 atom stereocenters. The smallest absolute Gasteiger partial charge is 0.319 e. The minimum absolute atomic E-state index is 0.185. The highest BCUT2D eigenvalue weighted by Gasteiger charge is 2.16. The third-order valence-electron chi connectivity index (χ3n) is 5.37. The molecule has 0 heterocycles. The molecule has 6 heteroatoms. The van der Waals surface area contributed by atoms with E-state index in [0.29, 0.717) is 23.8 Å². The molecule has 0 aromatic heterocycles. The second-order valence-corrected chi connectivity index (χ2v) is 7.40. The van der Waals surface area contributed by atoms with Crippen LogP contribution in [0, 0.1) is 5.92 Å². The van der Waals surface area contributed by atoms with Crippen molar-refractivity contribution in [3.05, 3.63) is 54.1 Å². The van der Waals surface area contributed by atoms with Gasteiger partial charge in [-0.2, -0.15) is 0 Å². The van der Waals surface area contributed by atoms with Crippen molar-refractivity contribution in [1.29, 1.82) is 0 Å². The molecule has 1 aliphatic carbocycles. The molecule has 2 amide bonds. The predicted molar refractivity (Wildman–Crippen MR) is 113 cm³/mol. The van der Waals surface area contributed by atoms with Crippen LogP contribution in [0.5, 0.6) is 11.5 Å². The van der Waals surface area contributed by atoms with Crippen molar-refractivity contribution in [3.8, 4) is 11.5 Å². The predicted octanol–water partition coefficient (Wildman–Crippen LogP) is 4.51. The Morgan fingerprint density at radius 1 is 1.14 bits per heavy atom. The first kappa shape index (κ1) is 21.0. The number of aliphatic hydroxyl groups is 1. The number of aliphatic hydroxyl groups excluding tert-OH is 1. The van der Waals surface area contributed by atoms with E-state index < -0.39 is 12.1 Å². The third kappa shape index (κ3) is 6.12. The fourth-order valence-corrected chi connectivity index (χ4v) is 3.75. The molecule has 2 aromatic carbocycles. The Morgan fingerprint density at radius 2 is 1.90 bits per heavy atom. The van der Waals surface area contributed by atoms with Crippen molar-refractivity contribution >= 4 is 11.7 Å². The van der Waals surface area contributed by atoms with Gasteiger partial charge in [0.05, 0.1) is 26.4 Å². The average Bonchev–Trinajstić information content (AvgIpc) is 3.26. The number of nitrogens with one attached hydrogen (secondary N) is 2. The molecule has 0 radical (unpaired) electrons. The maximum atomic E-state index is 12.4. The van der Waals surface area contributed by atoms with Crippen molar-refractivity contribution in [2.45, 2.75) is 38.1 Å². The first-order chi connectivity index (χ1) is 14.2. The zero-order chi connectivity index (χ0) is 20.5. The van der Waals surface area contributed by atoms with E-state index in [1.54, 1.807) is 25.3 Å². The highest BCUT2D eigenvalue weighted by atomic mass is 16.5. The zero-order valence-electron chi connectivity index (χ0n) is 16.9. The van der Waals surface area contributed by atoms with Crippen LogP contribution in [-0.2, 0) is 0 Å². The summed E-state index contributed by atoms with van der Waals surface area (Å²) in [5.41, 5.74) is 1.44. The van der Waals surface area contributed by atoms with Gasteiger partial charge >= 0.3 is 6.03 Å². The van der Waals surface area contributed by atoms with E-state index in [0.717, 1.165) is 17.9 Å². The van der Waals surface area contributed by atoms with Crippen LogP contribution in [0.25, 0.3) is 0 Å². The summed E-state index contributed by atoms with van der Waals surface area (Å²) in [5.74, 6) is 2.01. The minimum Gasteiger partial charge on any atom is -0.493 e. The highest BCUT2D eigenvalue weighted by molar-refractivity contribution is 5.90. The van der Waals surface area contributed by atoms with Crippen molar-refractivity contribution in [2.75, 3.05) is 25.6 Å². The molecule has 3 rings (SSSR count). The summed E-state index contributed by atoms with van der Waals surface area (Å²) in [4.78, 5) is 12.4. The van der Waals surface area contributed by atoms with Gasteiger partial charge in [0, 0.05) is 11.8 Å². The average molecular weight is 399 g/mol. The van der Waals surface area contributed by atoms with E-state index in [2.05, 4.69) is 10.6 Å². The van der Waals surface area contributed by atoms with Crippen LogP contribution in [0.4, 0.5) is 10.5 Å². The number of amides is 2. The van der Waals surface area contributed by atoms with Gasteiger partial charge in [0.2, 0.25) is 0 Å². The summed E-state index contributed by atoms with van der Waals surface area (Å²) < 4.78 is 11.3. The lowest BCUT2D eigenvalue weighted by Gasteiger charge is -2.18. The van der Waals surface area contributed by atoms with E-state index in [1.165, 1.54) is 25.7 Å². The number of rotatable bonds is 9. The van der Waals surface area contributed by atoms with Crippen LogP contribution in [0.15, 0.2) is 48.5 Å². The molecule has 6 nitrogen and oxygen atoms in total. The second-order valence-electron chi connectivity index (χ2n) is 7.40. The van der Waals surface area contributed by atoms with Crippen LogP contribution in [0.1, 0.15) is 43.7 Å². The number of hydrogen-bond acceptors (Lipinski definition) is 4. The van der Waals surface area contributed by atoms with Gasteiger partial charge in [-0.1, -0.05) is 56.0 Å². The van der Waals surface area contributed by atoms with E-state index in [9.17, 15) is 9.90 Å². The first-order valence-corrected chi connectivity index (χ1v) is 10.2. The first-order valence-electron chi connectivity index (χ1n) is 10.2. The Balaban J connectivity index is 1.58. The van der Waals surface area contributed by atoms with Crippen molar-refractivity contribution in [1.82, 2.24) is 5.32 Å². The fourth-order valence-electron chi connectivity index (χ4n) is 3.75. The minimum atomic E-state index is -0.475. The third-order valence-corrected chi connectivity index (χ3v) is 5.37. The SMILES string of the molecule is COc1ccc(NC(=O)N[C@@H](CO)c2ccccc2)cc1OCCC1CCCC1. The number of methoxy groups -OCH3 is 1. The molecule has 0 unspecified atom stereocenters.